The highest BCUT2D eigenvalue weighted by atomic mass is 19.2. The number of halogens is 5. The topological polar surface area (TPSA) is 82.1 Å². The fourth-order valence-corrected chi connectivity index (χ4v) is 6.42. The number of rotatable bonds is 10. The molecule has 1 saturated heterocycles. The summed E-state index contributed by atoms with van der Waals surface area (Å²) in [6.07, 6.45) is -0.0571. The molecule has 7 nitrogen and oxygen atoms in total. The first-order chi connectivity index (χ1) is 25.1. The molecule has 0 unspecified atom stereocenters. The van der Waals surface area contributed by atoms with Crippen LogP contribution in [0.4, 0.5) is 26.7 Å². The summed E-state index contributed by atoms with van der Waals surface area (Å²) in [5, 5.41) is 0. The second kappa shape index (κ2) is 13.5. The summed E-state index contributed by atoms with van der Waals surface area (Å²) in [4.78, 5) is 42.2. The zero-order valence-electron chi connectivity index (χ0n) is 26.9. The second-order valence-corrected chi connectivity index (χ2v) is 12.0. The lowest BCUT2D eigenvalue weighted by atomic mass is 9.80. The van der Waals surface area contributed by atoms with Gasteiger partial charge in [0, 0.05) is 0 Å². The minimum absolute atomic E-state index is 0.106. The molecule has 1 aliphatic carbocycles. The van der Waals surface area contributed by atoms with E-state index in [9.17, 15) is 36.3 Å². The summed E-state index contributed by atoms with van der Waals surface area (Å²) in [7, 11) is 0. The Kier molecular flexibility index (Phi) is 8.93. The zero-order valence-corrected chi connectivity index (χ0v) is 26.9. The summed E-state index contributed by atoms with van der Waals surface area (Å²) in [5.41, 5.74) is -1.62. The maximum absolute atomic E-state index is 14.8. The molecule has 1 heterocycles. The molecule has 0 bridgehead atoms. The lowest BCUT2D eigenvalue weighted by molar-refractivity contribution is -0.150. The summed E-state index contributed by atoms with van der Waals surface area (Å²) in [6, 6.07) is 34.4. The highest BCUT2D eigenvalue weighted by molar-refractivity contribution is 6.17. The molecule has 5 aromatic rings. The van der Waals surface area contributed by atoms with Crippen molar-refractivity contribution in [2.24, 2.45) is 5.41 Å². The number of carbonyl (C=O) groups is 3. The average Bonchev–Trinajstić information content (AvgIpc) is 3.81. The van der Waals surface area contributed by atoms with Crippen LogP contribution in [0.2, 0.25) is 0 Å². The van der Waals surface area contributed by atoms with E-state index in [0.29, 0.717) is 27.2 Å². The third-order valence-electron chi connectivity index (χ3n) is 9.10. The third-order valence-corrected chi connectivity index (χ3v) is 9.10. The van der Waals surface area contributed by atoms with E-state index in [1.807, 2.05) is 54.6 Å². The molecule has 0 spiro atoms. The fraction of sp³-hybridized carbons (Fsp3) is 0.125. The van der Waals surface area contributed by atoms with E-state index in [-0.39, 0.29) is 12.2 Å². The Balaban J connectivity index is 1.31. The summed E-state index contributed by atoms with van der Waals surface area (Å²) >= 11 is 0. The van der Waals surface area contributed by atoms with Gasteiger partial charge in [0.25, 0.3) is 5.91 Å². The van der Waals surface area contributed by atoms with Crippen LogP contribution >= 0.6 is 0 Å². The van der Waals surface area contributed by atoms with Crippen molar-refractivity contribution in [1.82, 2.24) is 4.90 Å². The highest BCUT2D eigenvalue weighted by Crippen LogP contribution is 2.51. The zero-order chi connectivity index (χ0) is 36.6. The molecule has 2 atom stereocenters. The number of hydrogen-bond acceptors (Lipinski definition) is 6. The van der Waals surface area contributed by atoms with Crippen molar-refractivity contribution in [2.45, 2.75) is 11.6 Å². The minimum Gasteiger partial charge on any atom is -0.446 e. The van der Waals surface area contributed by atoms with E-state index in [0.717, 1.165) is 6.08 Å². The monoisotopic (exact) mass is 711 g/mol. The van der Waals surface area contributed by atoms with E-state index in [4.69, 9.17) is 14.2 Å². The lowest BCUT2D eigenvalue weighted by Gasteiger charge is -2.36. The number of carbonyl (C=O) groups excluding carboxylic acids is 3. The maximum Gasteiger partial charge on any atom is 0.417 e. The number of hydrogen-bond donors (Lipinski definition) is 0. The van der Waals surface area contributed by atoms with Crippen molar-refractivity contribution >= 4 is 18.0 Å². The van der Waals surface area contributed by atoms with Gasteiger partial charge in [-0.1, -0.05) is 127 Å². The molecule has 52 heavy (non-hydrogen) atoms. The van der Waals surface area contributed by atoms with Crippen LogP contribution < -0.4 is 4.74 Å². The van der Waals surface area contributed by atoms with Crippen LogP contribution in [0.15, 0.2) is 133 Å². The Bertz CT molecular complexity index is 2080. The van der Waals surface area contributed by atoms with Crippen molar-refractivity contribution in [2.75, 3.05) is 13.2 Å². The molecule has 2 aliphatic rings. The first kappa shape index (κ1) is 34.3. The lowest BCUT2D eigenvalue weighted by Crippen LogP contribution is -2.46. The van der Waals surface area contributed by atoms with E-state index < -0.39 is 76.5 Å². The fourth-order valence-electron chi connectivity index (χ4n) is 6.42. The van der Waals surface area contributed by atoms with Gasteiger partial charge in [0.15, 0.2) is 5.41 Å². The molecule has 0 saturated carbocycles. The van der Waals surface area contributed by atoms with Crippen molar-refractivity contribution < 1.29 is 50.5 Å². The number of ether oxygens (including phenoxy) is 3. The van der Waals surface area contributed by atoms with Gasteiger partial charge in [0.1, 0.15) is 18.2 Å². The molecule has 0 aromatic heterocycles. The molecular formula is C40H26F5NO6. The average molecular weight is 712 g/mol. The van der Waals surface area contributed by atoms with E-state index >= 15 is 0 Å². The van der Waals surface area contributed by atoms with Crippen LogP contribution in [0.1, 0.15) is 28.3 Å². The first-order valence-corrected chi connectivity index (χ1v) is 15.9. The predicted octanol–water partition coefficient (Wildman–Crippen LogP) is 7.94. The number of nitrogens with zero attached hydrogens (tertiary/aromatic N) is 1. The molecule has 1 aliphatic heterocycles. The van der Waals surface area contributed by atoms with Crippen molar-refractivity contribution in [3.8, 4) is 5.75 Å². The van der Waals surface area contributed by atoms with E-state index in [2.05, 4.69) is 0 Å². The number of amides is 2. The van der Waals surface area contributed by atoms with E-state index in [1.165, 1.54) is 0 Å². The Labute approximate surface area is 293 Å². The quantitative estimate of drug-likeness (QED) is 0.0214. The van der Waals surface area contributed by atoms with Gasteiger partial charge in [0.05, 0.1) is 6.61 Å². The van der Waals surface area contributed by atoms with Gasteiger partial charge in [-0.05, 0) is 27.8 Å². The van der Waals surface area contributed by atoms with Crippen LogP contribution in [-0.4, -0.2) is 36.1 Å². The molecular weight excluding hydrogens is 685 g/mol. The molecule has 5 aromatic carbocycles. The summed E-state index contributed by atoms with van der Waals surface area (Å²) in [6.45, 7) is -0.794. The van der Waals surface area contributed by atoms with Crippen molar-refractivity contribution in [3.05, 3.63) is 184 Å². The van der Waals surface area contributed by atoms with Crippen LogP contribution in [0.3, 0.4) is 0 Å². The van der Waals surface area contributed by atoms with E-state index in [1.54, 1.807) is 66.7 Å². The standard InChI is InChI=1S/C40H26F5NO6/c41-30-31(42)33(44)35(34(45)32(30)43)52-37(48)39(36(47)46-29(23-50-38(46)49)24-13-5-1-6-14-24)21-28(39)22-51-40(25-15-7-2-8-16-25,26-17-9-3-10-18-26)27-19-11-4-12-20-27/h1-21,29H,22-23H2/t29-,39-/m1/s1. The Hall–Kier alpha value is -6.14. The van der Waals surface area contributed by atoms with Crippen LogP contribution in [0.25, 0.3) is 0 Å². The maximum atomic E-state index is 14.8. The van der Waals surface area contributed by atoms with Gasteiger partial charge in [0.2, 0.25) is 34.8 Å². The summed E-state index contributed by atoms with van der Waals surface area (Å²) < 4.78 is 88.5. The SMILES string of the molecule is O=C1OC[C@H](c2ccccc2)N1C(=O)[C@@]1(C(=O)Oc2c(F)c(F)c(F)c(F)c2F)C=C1COC(c1ccccc1)(c1ccccc1)c1ccccc1. The third kappa shape index (κ3) is 5.61. The Morgan fingerprint density at radius 1 is 0.692 bits per heavy atom. The van der Waals surface area contributed by atoms with Crippen LogP contribution in [-0.2, 0) is 24.7 Å². The summed E-state index contributed by atoms with van der Waals surface area (Å²) in [5.74, 6) is -16.9. The number of esters is 1. The van der Waals surface area contributed by atoms with Gasteiger partial charge >= 0.3 is 12.1 Å². The number of cyclic esters (lactones) is 1. The highest BCUT2D eigenvalue weighted by Gasteiger charge is 2.64. The van der Waals surface area contributed by atoms with Crippen LogP contribution in [0.5, 0.6) is 5.75 Å². The largest absolute Gasteiger partial charge is 0.446 e. The molecule has 1 fully saturated rings. The van der Waals surface area contributed by atoms with Gasteiger partial charge in [-0.3, -0.25) is 4.79 Å². The van der Waals surface area contributed by atoms with Gasteiger partial charge in [-0.25, -0.2) is 27.7 Å². The molecule has 2 amide bonds. The van der Waals surface area contributed by atoms with Gasteiger partial charge < -0.3 is 14.2 Å². The minimum atomic E-state index is -2.56. The van der Waals surface area contributed by atoms with Crippen LogP contribution in [0, 0.1) is 34.5 Å². The molecule has 0 N–H and O–H groups in total. The Morgan fingerprint density at radius 2 is 1.13 bits per heavy atom. The predicted molar refractivity (Wildman–Crippen MR) is 175 cm³/mol. The molecule has 12 heteroatoms. The number of imide groups is 1. The smallest absolute Gasteiger partial charge is 0.417 e. The van der Waals surface area contributed by atoms with Gasteiger partial charge in [-0.15, -0.1) is 0 Å². The number of benzene rings is 5. The Morgan fingerprint density at radius 3 is 1.62 bits per heavy atom. The second-order valence-electron chi connectivity index (χ2n) is 12.0. The van der Waals surface area contributed by atoms with Gasteiger partial charge in [-0.2, -0.15) is 8.78 Å². The normalized spacial score (nSPS) is 18.1. The molecule has 262 valence electrons. The molecule has 0 radical (unpaired) electrons. The first-order valence-electron chi connectivity index (χ1n) is 15.9. The molecule has 7 rings (SSSR count). The van der Waals surface area contributed by atoms with Crippen molar-refractivity contribution in [3.63, 3.8) is 0 Å². The van der Waals surface area contributed by atoms with Crippen molar-refractivity contribution in [1.29, 1.82) is 0 Å².